The van der Waals surface area contributed by atoms with E-state index >= 15 is 0 Å². The van der Waals surface area contributed by atoms with E-state index in [-0.39, 0.29) is 23.3 Å². The van der Waals surface area contributed by atoms with E-state index in [1.807, 2.05) is 6.92 Å². The standard InChI is InChI=1S/C15H22FN3O2/c1-3-7-17-14-13(16)12(4-8-18-14)15(20)19(2)11-5-9-21-10-6-11/h4,8,11H,3,5-7,9-10H2,1-2H3,(H,17,18). The number of carbonyl (C=O) groups is 1. The molecule has 1 aliphatic rings. The number of ether oxygens (including phenoxy) is 1. The summed E-state index contributed by atoms with van der Waals surface area (Å²) in [5, 5.41) is 2.90. The van der Waals surface area contributed by atoms with Crippen molar-refractivity contribution in [3.8, 4) is 0 Å². The van der Waals surface area contributed by atoms with Gasteiger partial charge >= 0.3 is 0 Å². The number of pyridine rings is 1. The van der Waals surface area contributed by atoms with Crippen LogP contribution in [0, 0.1) is 5.82 Å². The van der Waals surface area contributed by atoms with Crippen molar-refractivity contribution in [2.75, 3.05) is 32.1 Å². The van der Waals surface area contributed by atoms with E-state index in [2.05, 4.69) is 10.3 Å². The fourth-order valence-electron chi connectivity index (χ4n) is 2.40. The first-order chi connectivity index (χ1) is 10.1. The third-order valence-electron chi connectivity index (χ3n) is 3.72. The summed E-state index contributed by atoms with van der Waals surface area (Å²) in [7, 11) is 1.72. The Labute approximate surface area is 124 Å². The summed E-state index contributed by atoms with van der Waals surface area (Å²) < 4.78 is 19.7. The van der Waals surface area contributed by atoms with Gasteiger partial charge < -0.3 is 15.0 Å². The first-order valence-corrected chi connectivity index (χ1v) is 7.38. The molecule has 5 nitrogen and oxygen atoms in total. The van der Waals surface area contributed by atoms with E-state index in [0.29, 0.717) is 19.8 Å². The van der Waals surface area contributed by atoms with Crippen molar-refractivity contribution < 1.29 is 13.9 Å². The molecule has 0 saturated carbocycles. The number of halogens is 1. The molecule has 1 aromatic heterocycles. The Hall–Kier alpha value is -1.69. The lowest BCUT2D eigenvalue weighted by atomic mass is 10.1. The predicted octanol–water partition coefficient (Wildman–Crippen LogP) is 2.29. The van der Waals surface area contributed by atoms with Crippen LogP contribution in [0.25, 0.3) is 0 Å². The molecule has 0 radical (unpaired) electrons. The van der Waals surface area contributed by atoms with Crippen LogP contribution < -0.4 is 5.32 Å². The van der Waals surface area contributed by atoms with Gasteiger partial charge in [0.05, 0.1) is 5.56 Å². The minimum Gasteiger partial charge on any atom is -0.381 e. The third-order valence-corrected chi connectivity index (χ3v) is 3.72. The Morgan fingerprint density at radius 2 is 2.24 bits per heavy atom. The van der Waals surface area contributed by atoms with Gasteiger partial charge in [0.25, 0.3) is 5.91 Å². The molecular weight excluding hydrogens is 273 g/mol. The van der Waals surface area contributed by atoms with E-state index in [1.54, 1.807) is 11.9 Å². The second-order valence-corrected chi connectivity index (χ2v) is 5.21. The van der Waals surface area contributed by atoms with Crippen LogP contribution in [-0.2, 0) is 4.74 Å². The van der Waals surface area contributed by atoms with E-state index in [1.165, 1.54) is 12.3 Å². The van der Waals surface area contributed by atoms with Crippen molar-refractivity contribution in [2.24, 2.45) is 0 Å². The number of rotatable bonds is 5. The number of nitrogens with one attached hydrogen (secondary N) is 1. The molecule has 1 aromatic rings. The summed E-state index contributed by atoms with van der Waals surface area (Å²) >= 11 is 0. The van der Waals surface area contributed by atoms with Crippen molar-refractivity contribution in [2.45, 2.75) is 32.2 Å². The lowest BCUT2D eigenvalue weighted by molar-refractivity contribution is 0.0359. The predicted molar refractivity (Wildman–Crippen MR) is 78.9 cm³/mol. The van der Waals surface area contributed by atoms with Crippen LogP contribution in [0.4, 0.5) is 10.2 Å². The molecule has 21 heavy (non-hydrogen) atoms. The molecule has 0 aliphatic carbocycles. The average molecular weight is 295 g/mol. The van der Waals surface area contributed by atoms with Gasteiger partial charge in [0.1, 0.15) is 0 Å². The molecule has 116 valence electrons. The monoisotopic (exact) mass is 295 g/mol. The second kappa shape index (κ2) is 7.36. The van der Waals surface area contributed by atoms with Gasteiger partial charge in [-0.2, -0.15) is 0 Å². The fraction of sp³-hybridized carbons (Fsp3) is 0.600. The van der Waals surface area contributed by atoms with Gasteiger partial charge in [0.15, 0.2) is 11.6 Å². The van der Waals surface area contributed by atoms with Crippen LogP contribution in [0.2, 0.25) is 0 Å². The Bertz CT molecular complexity index is 490. The van der Waals surface area contributed by atoms with Crippen molar-refractivity contribution in [1.82, 2.24) is 9.88 Å². The number of hydrogen-bond acceptors (Lipinski definition) is 4. The van der Waals surface area contributed by atoms with Gasteiger partial charge in [0.2, 0.25) is 0 Å². The van der Waals surface area contributed by atoms with E-state index in [9.17, 15) is 9.18 Å². The van der Waals surface area contributed by atoms with E-state index < -0.39 is 5.82 Å². The number of carbonyl (C=O) groups excluding carboxylic acids is 1. The maximum atomic E-state index is 14.4. The minimum absolute atomic E-state index is 0.0672. The Kier molecular flexibility index (Phi) is 5.50. The molecule has 1 saturated heterocycles. The maximum absolute atomic E-state index is 14.4. The topological polar surface area (TPSA) is 54.5 Å². The van der Waals surface area contributed by atoms with Gasteiger partial charge in [-0.15, -0.1) is 0 Å². The highest BCUT2D eigenvalue weighted by Crippen LogP contribution is 2.20. The number of amides is 1. The normalized spacial score (nSPS) is 15.8. The summed E-state index contributed by atoms with van der Waals surface area (Å²) in [6, 6.07) is 1.54. The van der Waals surface area contributed by atoms with Crippen molar-refractivity contribution in [1.29, 1.82) is 0 Å². The SMILES string of the molecule is CCCNc1nccc(C(=O)N(C)C2CCOCC2)c1F. The fourth-order valence-corrected chi connectivity index (χ4v) is 2.40. The van der Waals surface area contributed by atoms with Crippen LogP contribution in [0.5, 0.6) is 0 Å². The summed E-state index contributed by atoms with van der Waals surface area (Å²) in [6.07, 6.45) is 3.90. The first-order valence-electron chi connectivity index (χ1n) is 7.38. The Morgan fingerprint density at radius 1 is 1.52 bits per heavy atom. The second-order valence-electron chi connectivity index (χ2n) is 5.21. The van der Waals surface area contributed by atoms with Gasteiger partial charge in [0, 0.05) is 39.0 Å². The van der Waals surface area contributed by atoms with Gasteiger partial charge in [-0.05, 0) is 25.3 Å². The van der Waals surface area contributed by atoms with Gasteiger partial charge in [-0.3, -0.25) is 4.79 Å². The average Bonchev–Trinajstić information content (AvgIpc) is 2.53. The molecule has 0 bridgehead atoms. The molecule has 6 heteroatoms. The minimum atomic E-state index is -0.574. The van der Waals surface area contributed by atoms with E-state index in [4.69, 9.17) is 4.74 Å². The Morgan fingerprint density at radius 3 is 2.90 bits per heavy atom. The molecule has 1 aliphatic heterocycles. The quantitative estimate of drug-likeness (QED) is 0.905. The van der Waals surface area contributed by atoms with Crippen molar-refractivity contribution in [3.05, 3.63) is 23.6 Å². The number of nitrogens with zero attached hydrogens (tertiary/aromatic N) is 2. The van der Waals surface area contributed by atoms with Crippen LogP contribution >= 0.6 is 0 Å². The first kappa shape index (κ1) is 15.7. The molecule has 2 heterocycles. The van der Waals surface area contributed by atoms with Gasteiger partial charge in [-0.25, -0.2) is 9.37 Å². The summed E-state index contributed by atoms with van der Waals surface area (Å²) in [6.45, 7) is 3.89. The molecule has 0 atom stereocenters. The van der Waals surface area contributed by atoms with Crippen LogP contribution in [-0.4, -0.2) is 48.6 Å². The highest BCUT2D eigenvalue weighted by molar-refractivity contribution is 5.95. The summed E-state index contributed by atoms with van der Waals surface area (Å²) in [5.41, 5.74) is 0.0672. The lowest BCUT2D eigenvalue weighted by Gasteiger charge is -2.31. The maximum Gasteiger partial charge on any atom is 0.257 e. The highest BCUT2D eigenvalue weighted by Gasteiger charge is 2.26. The third kappa shape index (κ3) is 3.69. The molecule has 0 aromatic carbocycles. The highest BCUT2D eigenvalue weighted by atomic mass is 19.1. The summed E-state index contributed by atoms with van der Waals surface area (Å²) in [4.78, 5) is 18.0. The van der Waals surface area contributed by atoms with Crippen molar-refractivity contribution in [3.63, 3.8) is 0 Å². The Balaban J connectivity index is 2.14. The molecule has 2 rings (SSSR count). The molecule has 0 unspecified atom stereocenters. The number of hydrogen-bond donors (Lipinski definition) is 1. The number of anilines is 1. The van der Waals surface area contributed by atoms with Gasteiger partial charge in [-0.1, -0.05) is 6.92 Å². The zero-order chi connectivity index (χ0) is 15.2. The molecule has 0 spiro atoms. The van der Waals surface area contributed by atoms with Crippen LogP contribution in [0.15, 0.2) is 12.3 Å². The zero-order valence-corrected chi connectivity index (χ0v) is 12.6. The van der Waals surface area contributed by atoms with E-state index in [0.717, 1.165) is 19.3 Å². The lowest BCUT2D eigenvalue weighted by Crippen LogP contribution is -2.41. The largest absolute Gasteiger partial charge is 0.381 e. The molecule has 1 N–H and O–H groups in total. The smallest absolute Gasteiger partial charge is 0.257 e. The zero-order valence-electron chi connectivity index (χ0n) is 12.6. The molecule has 1 amide bonds. The van der Waals surface area contributed by atoms with Crippen molar-refractivity contribution >= 4 is 11.7 Å². The number of aromatic nitrogens is 1. The summed E-state index contributed by atoms with van der Waals surface area (Å²) in [5.74, 6) is -0.737. The van der Waals surface area contributed by atoms with Crippen LogP contribution in [0.1, 0.15) is 36.5 Å². The molecule has 1 fully saturated rings. The molecular formula is C15H22FN3O2. The van der Waals surface area contributed by atoms with Crippen LogP contribution in [0.3, 0.4) is 0 Å².